The summed E-state index contributed by atoms with van der Waals surface area (Å²) in [4.78, 5) is 0. The first-order chi connectivity index (χ1) is 20.3. The van der Waals surface area contributed by atoms with E-state index in [0.717, 1.165) is 0 Å². The smallest absolute Gasteiger partial charge is 0.00608 e. The van der Waals surface area contributed by atoms with Crippen LogP contribution < -0.4 is 0 Å². The van der Waals surface area contributed by atoms with Gasteiger partial charge in [0, 0.05) is 11.8 Å². The van der Waals surface area contributed by atoms with Crippen LogP contribution in [0.4, 0.5) is 0 Å². The number of allylic oxidation sites excluding steroid dienone is 2. The number of unbranched alkanes of at least 4 members (excludes halogenated alkanes) is 2. The molecule has 2 aromatic rings. The Bertz CT molecular complexity index is 1280. The second-order valence-electron chi connectivity index (χ2n) is 18.3. The molecular weight excluding hydrogens is 528 g/mol. The maximum absolute atomic E-state index is 2.65. The van der Waals surface area contributed by atoms with Gasteiger partial charge in [0.15, 0.2) is 0 Å². The Morgan fingerprint density at radius 2 is 0.750 bits per heavy atom. The molecule has 2 unspecified atom stereocenters. The van der Waals surface area contributed by atoms with Gasteiger partial charge < -0.3 is 0 Å². The number of rotatable bonds is 9. The minimum atomic E-state index is 0.125. The van der Waals surface area contributed by atoms with Crippen molar-refractivity contribution >= 4 is 12.2 Å². The van der Waals surface area contributed by atoms with Crippen molar-refractivity contribution in [3.05, 3.63) is 79.9 Å². The highest BCUT2D eigenvalue weighted by atomic mass is 14.4. The van der Waals surface area contributed by atoms with Gasteiger partial charge in [-0.1, -0.05) is 157 Å². The zero-order chi connectivity index (χ0) is 32.8. The Balaban J connectivity index is 1.86. The third-order valence-corrected chi connectivity index (χ3v) is 10.4. The molecule has 0 nitrogen and oxygen atoms in total. The molecule has 0 bridgehead atoms. The van der Waals surface area contributed by atoms with Crippen molar-refractivity contribution in [2.24, 2.45) is 0 Å². The Labute approximate surface area is 273 Å². The van der Waals surface area contributed by atoms with Crippen LogP contribution in [0.2, 0.25) is 0 Å². The molecule has 2 atom stereocenters. The molecule has 0 aliphatic heterocycles. The molecule has 44 heavy (non-hydrogen) atoms. The van der Waals surface area contributed by atoms with Crippen molar-refractivity contribution < 1.29 is 0 Å². The fourth-order valence-electron chi connectivity index (χ4n) is 8.14. The van der Waals surface area contributed by atoms with Gasteiger partial charge in [-0.25, -0.2) is 0 Å². The van der Waals surface area contributed by atoms with Gasteiger partial charge in [0.2, 0.25) is 0 Å². The van der Waals surface area contributed by atoms with E-state index in [-0.39, 0.29) is 21.7 Å². The summed E-state index contributed by atoms with van der Waals surface area (Å²) in [7, 11) is 0. The molecule has 2 aliphatic carbocycles. The van der Waals surface area contributed by atoms with E-state index in [9.17, 15) is 0 Å². The van der Waals surface area contributed by atoms with Gasteiger partial charge in [0.1, 0.15) is 0 Å². The predicted octanol–water partition coefficient (Wildman–Crippen LogP) is 13.7. The fraction of sp³-hybridized carbons (Fsp3) is 0.636. The molecule has 0 amide bonds. The average Bonchev–Trinajstić information content (AvgIpc) is 3.43. The van der Waals surface area contributed by atoms with Crippen LogP contribution in [-0.4, -0.2) is 0 Å². The van der Waals surface area contributed by atoms with Gasteiger partial charge in [-0.05, 0) is 105 Å². The summed E-state index contributed by atoms with van der Waals surface area (Å²) < 4.78 is 0. The van der Waals surface area contributed by atoms with Gasteiger partial charge in [-0.3, -0.25) is 0 Å². The highest BCUT2D eigenvalue weighted by Crippen LogP contribution is 2.53. The monoisotopic (exact) mass is 595 g/mol. The minimum Gasteiger partial charge on any atom is -0.0654 e. The Hall–Kier alpha value is -2.08. The molecule has 0 radical (unpaired) electrons. The molecule has 0 aromatic heterocycles. The maximum atomic E-state index is 2.65. The molecule has 0 spiro atoms. The minimum absolute atomic E-state index is 0.125. The van der Waals surface area contributed by atoms with Crippen molar-refractivity contribution in [1.29, 1.82) is 0 Å². The Morgan fingerprint density at radius 3 is 1.02 bits per heavy atom. The first-order valence-corrected chi connectivity index (χ1v) is 18.1. The van der Waals surface area contributed by atoms with Crippen molar-refractivity contribution in [1.82, 2.24) is 0 Å². The van der Waals surface area contributed by atoms with Crippen molar-refractivity contribution in [3.8, 4) is 0 Å². The lowest BCUT2D eigenvalue weighted by Gasteiger charge is -2.32. The quantitative estimate of drug-likeness (QED) is 0.271. The van der Waals surface area contributed by atoms with Crippen molar-refractivity contribution in [2.45, 2.75) is 182 Å². The molecule has 2 aromatic carbocycles. The normalized spacial score (nSPS) is 18.8. The lowest BCUT2D eigenvalue weighted by atomic mass is 9.72. The summed E-state index contributed by atoms with van der Waals surface area (Å²) in [5, 5.41) is 0. The highest BCUT2D eigenvalue weighted by Gasteiger charge is 2.38. The zero-order valence-electron chi connectivity index (χ0n) is 31.3. The summed E-state index contributed by atoms with van der Waals surface area (Å²) in [6.45, 7) is 33.6. The first-order valence-electron chi connectivity index (χ1n) is 18.1. The summed E-state index contributed by atoms with van der Waals surface area (Å²) in [5.41, 5.74) is 16.5. The third kappa shape index (κ3) is 7.00. The van der Waals surface area contributed by atoms with Crippen LogP contribution in [0.15, 0.2) is 35.4 Å². The molecule has 0 heterocycles. The Morgan fingerprint density at radius 1 is 0.455 bits per heavy atom. The van der Waals surface area contributed by atoms with Gasteiger partial charge in [0.25, 0.3) is 0 Å². The van der Waals surface area contributed by atoms with Crippen LogP contribution in [0.25, 0.3) is 12.2 Å². The van der Waals surface area contributed by atoms with Crippen LogP contribution in [0.5, 0.6) is 0 Å². The van der Waals surface area contributed by atoms with E-state index in [1.807, 2.05) is 0 Å². The predicted molar refractivity (Wildman–Crippen MR) is 197 cm³/mol. The standard InChI is InChI=1S/C44H66/c1-15-17-19-29-27-33-35(41(3,4)5)23-25-37(43(9,10)11)39(33)31(29)21-22-32-30(20-18-16-2)28-34-36(42(6,7)8)24-26-38(40(32)34)44(12,13)14/h23-28,31-32H,15-22H2,1-14H3. The van der Waals surface area contributed by atoms with E-state index in [1.165, 1.54) is 62.5 Å². The van der Waals surface area contributed by atoms with Gasteiger partial charge in [-0.15, -0.1) is 0 Å². The van der Waals surface area contributed by atoms with E-state index in [1.54, 1.807) is 44.5 Å². The topological polar surface area (TPSA) is 0 Å². The van der Waals surface area contributed by atoms with Crippen LogP contribution in [0.3, 0.4) is 0 Å². The SMILES string of the molecule is CCCCC1=Cc2c(C(C)(C)C)ccc(C(C)(C)C)c2C1CCC1C(CCCC)=Cc2c(C(C)(C)C)ccc(C(C)(C)C)c21. The van der Waals surface area contributed by atoms with Crippen LogP contribution in [-0.2, 0) is 21.7 Å². The number of hydrogen-bond donors (Lipinski definition) is 0. The van der Waals surface area contributed by atoms with Crippen molar-refractivity contribution in [3.63, 3.8) is 0 Å². The highest BCUT2D eigenvalue weighted by molar-refractivity contribution is 5.74. The molecule has 0 fully saturated rings. The average molecular weight is 595 g/mol. The second kappa shape index (κ2) is 12.6. The summed E-state index contributed by atoms with van der Waals surface area (Å²) in [6.07, 6.45) is 15.3. The van der Waals surface area contributed by atoms with Crippen LogP contribution >= 0.6 is 0 Å². The molecule has 4 rings (SSSR count). The zero-order valence-corrected chi connectivity index (χ0v) is 31.3. The summed E-state index contributed by atoms with van der Waals surface area (Å²) >= 11 is 0. The fourth-order valence-corrected chi connectivity index (χ4v) is 8.14. The lowest BCUT2D eigenvalue weighted by Crippen LogP contribution is -2.21. The first kappa shape index (κ1) is 34.8. The third-order valence-electron chi connectivity index (χ3n) is 10.4. The molecule has 0 saturated carbocycles. The van der Waals surface area contributed by atoms with E-state index < -0.39 is 0 Å². The summed E-state index contributed by atoms with van der Waals surface area (Å²) in [6, 6.07) is 9.90. The van der Waals surface area contributed by atoms with E-state index in [4.69, 9.17) is 0 Å². The molecule has 0 N–H and O–H groups in total. The van der Waals surface area contributed by atoms with E-state index in [0.29, 0.717) is 11.8 Å². The summed E-state index contributed by atoms with van der Waals surface area (Å²) in [5.74, 6) is 1.04. The van der Waals surface area contributed by atoms with Crippen molar-refractivity contribution in [2.75, 3.05) is 0 Å². The number of benzene rings is 2. The molecule has 2 aliphatic rings. The lowest BCUT2D eigenvalue weighted by molar-refractivity contribution is 0.531. The van der Waals surface area contributed by atoms with E-state index >= 15 is 0 Å². The molecule has 242 valence electrons. The number of fused-ring (bicyclic) bond motifs is 2. The Kier molecular flexibility index (Phi) is 9.97. The van der Waals surface area contributed by atoms with Gasteiger partial charge in [0.05, 0.1) is 0 Å². The largest absolute Gasteiger partial charge is 0.0654 e. The van der Waals surface area contributed by atoms with Crippen LogP contribution in [0, 0.1) is 0 Å². The van der Waals surface area contributed by atoms with E-state index in [2.05, 4.69) is 133 Å². The molecular formula is C44H66. The van der Waals surface area contributed by atoms with Gasteiger partial charge >= 0.3 is 0 Å². The second-order valence-corrected chi connectivity index (χ2v) is 18.3. The van der Waals surface area contributed by atoms with Crippen LogP contribution in [0.1, 0.15) is 205 Å². The van der Waals surface area contributed by atoms with Gasteiger partial charge in [-0.2, -0.15) is 0 Å². The maximum Gasteiger partial charge on any atom is 0.00608 e. The molecule has 0 saturated heterocycles. The molecule has 0 heteroatoms. The number of hydrogen-bond acceptors (Lipinski definition) is 0.